The van der Waals surface area contributed by atoms with Crippen LogP contribution in [-0.2, 0) is 22.8 Å². The average molecular weight is 332 g/mol. The molecule has 0 heterocycles. The van der Waals surface area contributed by atoms with Gasteiger partial charge in [0.15, 0.2) is 0 Å². The van der Waals surface area contributed by atoms with Gasteiger partial charge in [-0.3, -0.25) is 4.79 Å². The van der Waals surface area contributed by atoms with Crippen LogP contribution < -0.4 is 0 Å². The number of hydrogen-bond donors (Lipinski definition) is 0. The molecule has 0 aliphatic carbocycles. The Bertz CT molecular complexity index is 715. The molecule has 2 rings (SSSR count). The number of benzene rings is 2. The number of aldehydes is 1. The van der Waals surface area contributed by atoms with Crippen molar-refractivity contribution >= 4 is 6.29 Å². The highest BCUT2D eigenvalue weighted by molar-refractivity contribution is 5.72. The van der Waals surface area contributed by atoms with Gasteiger partial charge in [0.2, 0.25) is 0 Å². The van der Waals surface area contributed by atoms with Gasteiger partial charge in [-0.1, -0.05) is 55.5 Å². The lowest BCUT2D eigenvalue weighted by atomic mass is 9.76. The fourth-order valence-corrected chi connectivity index (χ4v) is 2.83. The lowest BCUT2D eigenvalue weighted by Crippen LogP contribution is -2.23. The number of alkyl halides is 3. The molecule has 0 N–H and O–H groups in total. The van der Waals surface area contributed by atoms with Crippen molar-refractivity contribution in [1.82, 2.24) is 0 Å². The van der Waals surface area contributed by atoms with E-state index in [4.69, 9.17) is 0 Å². The number of halogens is 3. The van der Waals surface area contributed by atoms with Crippen molar-refractivity contribution in [3.05, 3.63) is 82.9 Å². The van der Waals surface area contributed by atoms with Gasteiger partial charge < -0.3 is 0 Å². The zero-order valence-electron chi connectivity index (χ0n) is 13.6. The van der Waals surface area contributed by atoms with Crippen molar-refractivity contribution in [2.24, 2.45) is 0 Å². The first-order chi connectivity index (χ1) is 11.2. The number of allylic oxidation sites excluding steroid dienone is 2. The minimum Gasteiger partial charge on any atom is -0.298 e. The molecule has 0 radical (unpaired) electrons. The largest absolute Gasteiger partial charge is 0.416 e. The second-order valence-electron chi connectivity index (χ2n) is 6.16. The van der Waals surface area contributed by atoms with Crippen LogP contribution in [0.4, 0.5) is 13.2 Å². The molecule has 0 fully saturated rings. The summed E-state index contributed by atoms with van der Waals surface area (Å²) in [6.07, 6.45) is -1.20. The smallest absolute Gasteiger partial charge is 0.298 e. The maximum atomic E-state index is 12.8. The normalized spacial score (nSPS) is 15.0. The van der Waals surface area contributed by atoms with E-state index in [9.17, 15) is 18.0 Å². The second kappa shape index (κ2) is 7.04. The molecule has 0 saturated heterocycles. The Labute approximate surface area is 139 Å². The Hall–Kier alpha value is -2.36. The minimum absolute atomic E-state index is 0.549. The topological polar surface area (TPSA) is 17.1 Å². The van der Waals surface area contributed by atoms with Crippen LogP contribution in [0.2, 0.25) is 0 Å². The van der Waals surface area contributed by atoms with E-state index in [0.29, 0.717) is 12.0 Å². The van der Waals surface area contributed by atoms with Crippen LogP contribution in [0.3, 0.4) is 0 Å². The Morgan fingerprint density at radius 3 is 2.00 bits per heavy atom. The summed E-state index contributed by atoms with van der Waals surface area (Å²) < 4.78 is 38.3. The van der Waals surface area contributed by atoms with Crippen LogP contribution in [-0.4, -0.2) is 6.29 Å². The summed E-state index contributed by atoms with van der Waals surface area (Å²) in [6.45, 7) is 3.62. The molecule has 0 amide bonds. The van der Waals surface area contributed by atoms with E-state index in [-0.39, 0.29) is 0 Å². The number of rotatable bonds is 5. The van der Waals surface area contributed by atoms with Gasteiger partial charge in [0.05, 0.1) is 5.56 Å². The highest BCUT2D eigenvalue weighted by atomic mass is 19.4. The summed E-state index contributed by atoms with van der Waals surface area (Å²) in [5.41, 5.74) is 1.09. The molecule has 0 aliphatic rings. The van der Waals surface area contributed by atoms with Crippen LogP contribution in [0.5, 0.6) is 0 Å². The molecular formula is C20H19F3O. The number of carbonyl (C=O) groups excluding carboxylic acids is 1. The molecule has 0 aromatic heterocycles. The maximum absolute atomic E-state index is 12.8. The van der Waals surface area contributed by atoms with Gasteiger partial charge in [-0.2, -0.15) is 13.2 Å². The van der Waals surface area contributed by atoms with Crippen molar-refractivity contribution in [3.63, 3.8) is 0 Å². The quantitative estimate of drug-likeness (QED) is 0.533. The first kappa shape index (κ1) is 18.0. The standard InChI is InChI=1S/C20H19F3O/c1-15(14-24)12-19(2,13-16-6-4-3-5-7-16)17-8-10-18(11-9-17)20(21,22)23/h3-12,14H,13H2,1-2H3/b15-12+. The summed E-state index contributed by atoms with van der Waals surface area (Å²) >= 11 is 0. The van der Waals surface area contributed by atoms with Gasteiger partial charge in [-0.25, -0.2) is 0 Å². The molecule has 2 aromatic carbocycles. The third-order valence-corrected chi connectivity index (χ3v) is 4.02. The Balaban J connectivity index is 2.44. The van der Waals surface area contributed by atoms with Crippen molar-refractivity contribution in [3.8, 4) is 0 Å². The van der Waals surface area contributed by atoms with E-state index < -0.39 is 17.2 Å². The molecule has 1 atom stereocenters. The summed E-state index contributed by atoms with van der Waals surface area (Å²) in [7, 11) is 0. The molecule has 0 spiro atoms. The lowest BCUT2D eigenvalue weighted by molar-refractivity contribution is -0.137. The van der Waals surface area contributed by atoms with E-state index in [0.717, 1.165) is 29.5 Å². The summed E-state index contributed by atoms with van der Waals surface area (Å²) in [6, 6.07) is 14.8. The van der Waals surface area contributed by atoms with Gasteiger partial charge in [0.1, 0.15) is 6.29 Å². The summed E-state index contributed by atoms with van der Waals surface area (Å²) in [5.74, 6) is 0. The van der Waals surface area contributed by atoms with E-state index in [1.54, 1.807) is 6.92 Å². The molecule has 24 heavy (non-hydrogen) atoms. The fourth-order valence-electron chi connectivity index (χ4n) is 2.83. The molecule has 0 saturated carbocycles. The SMILES string of the molecule is C/C(C=O)=C\C(C)(Cc1ccccc1)c1ccc(C(F)(F)F)cc1. The predicted molar refractivity (Wildman–Crippen MR) is 88.8 cm³/mol. The van der Waals surface area contributed by atoms with Crippen molar-refractivity contribution < 1.29 is 18.0 Å². The Morgan fingerprint density at radius 2 is 1.50 bits per heavy atom. The first-order valence-corrected chi connectivity index (χ1v) is 7.61. The molecule has 1 nitrogen and oxygen atoms in total. The van der Waals surface area contributed by atoms with Gasteiger partial charge >= 0.3 is 6.18 Å². The zero-order chi connectivity index (χ0) is 17.8. The second-order valence-corrected chi connectivity index (χ2v) is 6.16. The van der Waals surface area contributed by atoms with Crippen LogP contribution in [0.25, 0.3) is 0 Å². The molecule has 4 heteroatoms. The zero-order valence-corrected chi connectivity index (χ0v) is 13.6. The predicted octanol–water partition coefficient (Wildman–Crippen LogP) is 5.35. The third kappa shape index (κ3) is 4.34. The molecule has 126 valence electrons. The molecule has 0 aliphatic heterocycles. The third-order valence-electron chi connectivity index (χ3n) is 4.02. The van der Waals surface area contributed by atoms with Crippen molar-refractivity contribution in [2.75, 3.05) is 0 Å². The first-order valence-electron chi connectivity index (χ1n) is 7.61. The number of carbonyl (C=O) groups is 1. The maximum Gasteiger partial charge on any atom is 0.416 e. The van der Waals surface area contributed by atoms with Gasteiger partial charge in [0, 0.05) is 5.41 Å². The van der Waals surface area contributed by atoms with E-state index in [1.165, 1.54) is 12.1 Å². The molecular weight excluding hydrogens is 313 g/mol. The highest BCUT2D eigenvalue weighted by Crippen LogP contribution is 2.34. The van der Waals surface area contributed by atoms with E-state index >= 15 is 0 Å². The van der Waals surface area contributed by atoms with Crippen LogP contribution in [0.15, 0.2) is 66.2 Å². The minimum atomic E-state index is -4.36. The summed E-state index contributed by atoms with van der Waals surface area (Å²) in [5, 5.41) is 0. The van der Waals surface area contributed by atoms with Gasteiger partial charge in [-0.15, -0.1) is 0 Å². The Kier molecular flexibility index (Phi) is 5.27. The summed E-state index contributed by atoms with van der Waals surface area (Å²) in [4.78, 5) is 11.0. The average Bonchev–Trinajstić information content (AvgIpc) is 2.55. The molecule has 2 aromatic rings. The van der Waals surface area contributed by atoms with Gasteiger partial charge in [-0.05, 0) is 42.2 Å². The Morgan fingerprint density at radius 1 is 0.958 bits per heavy atom. The molecule has 1 unspecified atom stereocenters. The molecule has 0 bridgehead atoms. The van der Waals surface area contributed by atoms with Gasteiger partial charge in [0.25, 0.3) is 0 Å². The van der Waals surface area contributed by atoms with Crippen molar-refractivity contribution in [2.45, 2.75) is 31.9 Å². The van der Waals surface area contributed by atoms with E-state index in [2.05, 4.69) is 0 Å². The monoisotopic (exact) mass is 332 g/mol. The van der Waals surface area contributed by atoms with Crippen LogP contribution in [0, 0.1) is 0 Å². The fraction of sp³-hybridized carbons (Fsp3) is 0.250. The lowest BCUT2D eigenvalue weighted by Gasteiger charge is -2.28. The van der Waals surface area contributed by atoms with Crippen molar-refractivity contribution in [1.29, 1.82) is 0 Å². The van der Waals surface area contributed by atoms with E-state index in [1.807, 2.05) is 43.3 Å². The van der Waals surface area contributed by atoms with Crippen LogP contribution in [0.1, 0.15) is 30.5 Å². The highest BCUT2D eigenvalue weighted by Gasteiger charge is 2.31. The van der Waals surface area contributed by atoms with Crippen LogP contribution >= 0.6 is 0 Å². The number of hydrogen-bond acceptors (Lipinski definition) is 1.